The molecule has 4 N–H and O–H groups in total. The minimum atomic E-state index is -0.944. The van der Waals surface area contributed by atoms with E-state index in [1.54, 1.807) is 29.2 Å². The average Bonchev–Trinajstić information content (AvgIpc) is 3.45. The van der Waals surface area contributed by atoms with Crippen molar-refractivity contribution in [1.29, 1.82) is 0 Å². The largest absolute Gasteiger partial charge is 0.388 e. The first kappa shape index (κ1) is 25.0. The van der Waals surface area contributed by atoms with E-state index in [9.17, 15) is 14.7 Å². The van der Waals surface area contributed by atoms with Crippen molar-refractivity contribution < 1.29 is 19.4 Å². The first-order valence-electron chi connectivity index (χ1n) is 12.0. The number of anilines is 1. The summed E-state index contributed by atoms with van der Waals surface area (Å²) in [6.07, 6.45) is 1.89. The van der Waals surface area contributed by atoms with Crippen molar-refractivity contribution in [2.75, 3.05) is 19.3 Å². The lowest BCUT2D eigenvalue weighted by Crippen LogP contribution is -2.44. The maximum atomic E-state index is 13.1. The quantitative estimate of drug-likeness (QED) is 0.426. The number of nitrogens with two attached hydrogens (primary N) is 1. The third-order valence-electron chi connectivity index (χ3n) is 6.67. The van der Waals surface area contributed by atoms with Crippen LogP contribution in [0.25, 0.3) is 11.2 Å². The van der Waals surface area contributed by atoms with Crippen LogP contribution in [0.1, 0.15) is 48.1 Å². The summed E-state index contributed by atoms with van der Waals surface area (Å²) in [5.41, 5.74) is 7.32. The molecular weight excluding hydrogens is 498 g/mol. The fourth-order valence-electron chi connectivity index (χ4n) is 4.44. The van der Waals surface area contributed by atoms with E-state index in [0.717, 1.165) is 19.3 Å². The summed E-state index contributed by atoms with van der Waals surface area (Å²) in [7, 11) is 1.51. The van der Waals surface area contributed by atoms with Crippen LogP contribution < -0.4 is 11.1 Å². The molecule has 1 saturated carbocycles. The minimum absolute atomic E-state index is 0.109. The molecule has 1 aromatic carbocycles. The molecule has 2 unspecified atom stereocenters. The summed E-state index contributed by atoms with van der Waals surface area (Å²) >= 11 is 5.97. The van der Waals surface area contributed by atoms with Gasteiger partial charge >= 0.3 is 0 Å². The van der Waals surface area contributed by atoms with Gasteiger partial charge in [-0.3, -0.25) is 14.2 Å². The zero-order valence-corrected chi connectivity index (χ0v) is 20.9. The Morgan fingerprint density at radius 1 is 1.30 bits per heavy atom. The van der Waals surface area contributed by atoms with Gasteiger partial charge in [-0.25, -0.2) is 15.0 Å². The number of fused-ring (bicyclic) bond motifs is 1. The number of halogens is 1. The van der Waals surface area contributed by atoms with Crippen molar-refractivity contribution in [3.8, 4) is 11.8 Å². The maximum absolute atomic E-state index is 13.1. The molecule has 2 amide bonds. The number of aliphatic hydroxyl groups excluding tert-OH is 1. The number of imidazole rings is 1. The molecule has 0 bridgehead atoms. The van der Waals surface area contributed by atoms with Crippen LogP contribution in [0.3, 0.4) is 0 Å². The molecule has 2 fully saturated rings. The van der Waals surface area contributed by atoms with Gasteiger partial charge in [0.25, 0.3) is 5.91 Å². The van der Waals surface area contributed by atoms with Gasteiger partial charge in [0.15, 0.2) is 17.7 Å². The van der Waals surface area contributed by atoms with E-state index in [-0.39, 0.29) is 42.5 Å². The second-order valence-electron chi connectivity index (χ2n) is 9.02. The van der Waals surface area contributed by atoms with Crippen LogP contribution >= 0.6 is 11.6 Å². The highest BCUT2D eigenvalue weighted by atomic mass is 35.5. The van der Waals surface area contributed by atoms with E-state index in [2.05, 4.69) is 32.1 Å². The van der Waals surface area contributed by atoms with Crippen molar-refractivity contribution >= 4 is 40.4 Å². The number of hydrogen-bond acceptors (Lipinski definition) is 8. The number of likely N-dealkylation sites (N-methyl/N-ethyl adjacent to an activating group) is 1. The Morgan fingerprint density at radius 2 is 2.05 bits per heavy atom. The SMILES string of the molecule is CNC(=O)[C@@H]1CC(O)C(n2cnc3c(N)nc(C#CCN(C(=O)c4ccc(Cl)cc4)C4CCC4)nc32)O1. The molecule has 37 heavy (non-hydrogen) atoms. The minimum Gasteiger partial charge on any atom is -0.388 e. The van der Waals surface area contributed by atoms with Crippen LogP contribution in [0.4, 0.5) is 5.82 Å². The number of nitrogens with one attached hydrogen (secondary N) is 1. The van der Waals surface area contributed by atoms with E-state index in [1.807, 2.05) is 0 Å². The average molecular weight is 524 g/mol. The van der Waals surface area contributed by atoms with Crippen LogP contribution in [0.15, 0.2) is 30.6 Å². The smallest absolute Gasteiger partial charge is 0.254 e. The van der Waals surface area contributed by atoms with Gasteiger partial charge in [0.2, 0.25) is 11.7 Å². The van der Waals surface area contributed by atoms with Crippen LogP contribution in [-0.2, 0) is 9.53 Å². The number of carbonyl (C=O) groups is 2. The Kier molecular flexibility index (Phi) is 6.97. The number of carbonyl (C=O) groups excluding carboxylic acids is 2. The number of amides is 2. The van der Waals surface area contributed by atoms with Crippen LogP contribution in [0.5, 0.6) is 0 Å². The number of aromatic nitrogens is 4. The van der Waals surface area contributed by atoms with Crippen molar-refractivity contribution in [2.45, 2.75) is 50.2 Å². The number of ether oxygens (including phenoxy) is 1. The van der Waals surface area contributed by atoms with Gasteiger partial charge < -0.3 is 25.8 Å². The molecule has 192 valence electrons. The molecule has 3 atom stereocenters. The van der Waals surface area contributed by atoms with Crippen molar-refractivity contribution in [3.63, 3.8) is 0 Å². The normalized spacial score (nSPS) is 21.2. The van der Waals surface area contributed by atoms with Crippen LogP contribution in [0, 0.1) is 11.8 Å². The predicted octanol–water partition coefficient (Wildman–Crippen LogP) is 1.50. The molecule has 0 radical (unpaired) electrons. The van der Waals surface area contributed by atoms with Crippen molar-refractivity contribution in [1.82, 2.24) is 29.7 Å². The Balaban J connectivity index is 1.39. The number of nitrogens with zero attached hydrogens (tertiary/aromatic N) is 5. The van der Waals surface area contributed by atoms with Crippen molar-refractivity contribution in [3.05, 3.63) is 47.0 Å². The summed E-state index contributed by atoms with van der Waals surface area (Å²) in [5.74, 6) is 5.75. The monoisotopic (exact) mass is 523 g/mol. The van der Waals surface area contributed by atoms with E-state index < -0.39 is 18.4 Å². The molecule has 5 rings (SSSR count). The highest BCUT2D eigenvalue weighted by Crippen LogP contribution is 2.32. The van der Waals surface area contributed by atoms with E-state index in [4.69, 9.17) is 22.1 Å². The molecule has 0 spiro atoms. The maximum Gasteiger partial charge on any atom is 0.254 e. The topological polar surface area (TPSA) is 148 Å². The number of hydrogen-bond donors (Lipinski definition) is 3. The number of benzene rings is 1. The van der Waals surface area contributed by atoms with E-state index in [1.165, 1.54) is 17.9 Å². The first-order valence-corrected chi connectivity index (χ1v) is 12.3. The molecule has 1 aliphatic carbocycles. The van der Waals surface area contributed by atoms with Gasteiger partial charge in [0, 0.05) is 30.1 Å². The molecule has 3 heterocycles. The lowest BCUT2D eigenvalue weighted by Gasteiger charge is -2.36. The third-order valence-corrected chi connectivity index (χ3v) is 6.92. The van der Waals surface area contributed by atoms with Gasteiger partial charge in [0.1, 0.15) is 17.7 Å². The summed E-state index contributed by atoms with van der Waals surface area (Å²) in [4.78, 5) is 39.8. The highest BCUT2D eigenvalue weighted by molar-refractivity contribution is 6.30. The van der Waals surface area contributed by atoms with Crippen LogP contribution in [0.2, 0.25) is 5.02 Å². The third kappa shape index (κ3) is 4.96. The van der Waals surface area contributed by atoms with Crippen LogP contribution in [-0.4, -0.2) is 73.2 Å². The molecule has 2 aromatic heterocycles. The van der Waals surface area contributed by atoms with Crippen molar-refractivity contribution in [2.24, 2.45) is 0 Å². The molecule has 12 heteroatoms. The standard InChI is InChI=1S/C25H26ClN7O4/c1-28-23(35)18-12-17(34)25(37-18)33-13-29-20-21(27)30-19(31-22(20)33)6-3-11-32(16-4-2-5-16)24(36)14-7-9-15(26)10-8-14/h7-10,13,16-18,25,34H,2,4-5,11-12H2,1H3,(H,28,35)(H2,27,30,31)/t17?,18-,25?/m0/s1. The number of nitrogen functional groups attached to an aromatic ring is 1. The highest BCUT2D eigenvalue weighted by Gasteiger charge is 2.39. The van der Waals surface area contributed by atoms with Gasteiger partial charge in [-0.1, -0.05) is 17.5 Å². The lowest BCUT2D eigenvalue weighted by molar-refractivity contribution is -0.134. The zero-order valence-electron chi connectivity index (χ0n) is 20.1. The Hall–Kier alpha value is -3.72. The summed E-state index contributed by atoms with van der Waals surface area (Å²) in [6, 6.07) is 6.92. The lowest BCUT2D eigenvalue weighted by atomic mass is 9.91. The number of rotatable bonds is 5. The fraction of sp³-hybridized carbons (Fsp3) is 0.400. The summed E-state index contributed by atoms with van der Waals surface area (Å²) in [5, 5.41) is 13.6. The second-order valence-corrected chi connectivity index (χ2v) is 9.45. The molecule has 1 saturated heterocycles. The molecule has 3 aromatic rings. The van der Waals surface area contributed by atoms with Gasteiger partial charge in [-0.15, -0.1) is 0 Å². The number of aliphatic hydroxyl groups is 1. The van der Waals surface area contributed by atoms with Gasteiger partial charge in [-0.05, 0) is 49.4 Å². The molecule has 2 aliphatic rings. The van der Waals surface area contributed by atoms with Gasteiger partial charge in [-0.2, -0.15) is 0 Å². The summed E-state index contributed by atoms with van der Waals surface area (Å²) in [6.45, 7) is 0.199. The van der Waals surface area contributed by atoms with Gasteiger partial charge in [0.05, 0.1) is 12.9 Å². The Bertz CT molecular complexity index is 1390. The predicted molar refractivity (Wildman–Crippen MR) is 135 cm³/mol. The van der Waals surface area contributed by atoms with E-state index in [0.29, 0.717) is 21.7 Å². The Labute approximate surface area is 218 Å². The Morgan fingerprint density at radius 3 is 2.73 bits per heavy atom. The molecule has 11 nitrogen and oxygen atoms in total. The first-order chi connectivity index (χ1) is 17.9. The van der Waals surface area contributed by atoms with E-state index >= 15 is 0 Å². The fourth-order valence-corrected chi connectivity index (χ4v) is 4.56. The molecule has 1 aliphatic heterocycles. The zero-order chi connectivity index (χ0) is 26.1. The summed E-state index contributed by atoms with van der Waals surface area (Å²) < 4.78 is 7.29. The molecular formula is C25H26ClN7O4. The second kappa shape index (κ2) is 10.3.